The van der Waals surface area contributed by atoms with Gasteiger partial charge in [0.25, 0.3) is 0 Å². The Kier molecular flexibility index (Phi) is 4.66. The molecule has 0 aliphatic carbocycles. The first-order valence-electron chi connectivity index (χ1n) is 8.59. The summed E-state index contributed by atoms with van der Waals surface area (Å²) in [6.45, 7) is 4.34. The average Bonchev–Trinajstić information content (AvgIpc) is 3.44. The Balaban J connectivity index is 1.42. The van der Waals surface area contributed by atoms with Gasteiger partial charge in [0, 0.05) is 48.8 Å². The molecule has 0 bridgehead atoms. The van der Waals surface area contributed by atoms with Crippen LogP contribution in [0, 0.1) is 13.8 Å². The fourth-order valence-corrected chi connectivity index (χ4v) is 8.06. The van der Waals surface area contributed by atoms with Crippen LogP contribution >= 0.6 is 56.7 Å². The summed E-state index contributed by atoms with van der Waals surface area (Å²) >= 11 is 9.42. The molecule has 0 atom stereocenters. The van der Waals surface area contributed by atoms with E-state index in [4.69, 9.17) is 0 Å². The zero-order valence-electron chi connectivity index (χ0n) is 14.8. The first-order chi connectivity index (χ1) is 13.2. The van der Waals surface area contributed by atoms with Gasteiger partial charge in [0.2, 0.25) is 0 Å². The second-order valence-electron chi connectivity index (χ2n) is 6.31. The fourth-order valence-electron chi connectivity index (χ4n) is 2.94. The molecule has 0 spiro atoms. The van der Waals surface area contributed by atoms with Crippen molar-refractivity contribution in [2.24, 2.45) is 0 Å². The van der Waals surface area contributed by atoms with Gasteiger partial charge in [-0.1, -0.05) is 0 Å². The lowest BCUT2D eigenvalue weighted by Crippen LogP contribution is -1.58. The Hall–Kier alpha value is -1.50. The highest BCUT2D eigenvalue weighted by Crippen LogP contribution is 2.44. The van der Waals surface area contributed by atoms with Crippen molar-refractivity contribution in [2.75, 3.05) is 0 Å². The Morgan fingerprint density at radius 1 is 0.333 bits per heavy atom. The van der Waals surface area contributed by atoms with Gasteiger partial charge in [0.15, 0.2) is 0 Å². The van der Waals surface area contributed by atoms with Gasteiger partial charge in [-0.15, -0.1) is 56.7 Å². The standard InChI is InChI=1S/C22H16S5/c1-13-3-5-15(23-13)17-7-9-19(25-17)21-11-12-22(27-21)20-10-8-18(26-20)16-6-4-14(2)24-16/h3-12H,1-2H3. The van der Waals surface area contributed by atoms with Crippen LogP contribution in [0.1, 0.15) is 9.75 Å². The molecule has 5 aromatic heterocycles. The number of rotatable bonds is 4. The molecular weight excluding hydrogens is 425 g/mol. The van der Waals surface area contributed by atoms with Crippen LogP contribution in [0.15, 0.2) is 60.7 Å². The summed E-state index contributed by atoms with van der Waals surface area (Å²) in [6.07, 6.45) is 0. The van der Waals surface area contributed by atoms with Gasteiger partial charge in [-0.2, -0.15) is 0 Å². The van der Waals surface area contributed by atoms with E-state index in [1.165, 1.54) is 48.8 Å². The molecule has 5 heteroatoms. The van der Waals surface area contributed by atoms with Crippen molar-refractivity contribution in [1.29, 1.82) is 0 Å². The second kappa shape index (κ2) is 7.15. The van der Waals surface area contributed by atoms with Gasteiger partial charge in [-0.3, -0.25) is 0 Å². The molecule has 134 valence electrons. The summed E-state index contributed by atoms with van der Waals surface area (Å²) in [5.41, 5.74) is 0. The van der Waals surface area contributed by atoms with Gasteiger partial charge >= 0.3 is 0 Å². The summed E-state index contributed by atoms with van der Waals surface area (Å²) in [4.78, 5) is 13.6. The molecule has 0 aromatic carbocycles. The Labute approximate surface area is 179 Å². The lowest BCUT2D eigenvalue weighted by atomic mass is 10.3. The maximum absolute atomic E-state index is 2.27. The van der Waals surface area contributed by atoms with Crippen LogP contribution in [0.4, 0.5) is 0 Å². The second-order valence-corrected chi connectivity index (χ2v) is 12.1. The quantitative estimate of drug-likeness (QED) is 0.261. The van der Waals surface area contributed by atoms with E-state index in [-0.39, 0.29) is 0 Å². The minimum absolute atomic E-state index is 1.36. The van der Waals surface area contributed by atoms with Crippen molar-refractivity contribution in [3.05, 3.63) is 70.4 Å². The molecule has 0 nitrogen and oxygen atoms in total. The SMILES string of the molecule is Cc1ccc(-c2ccc(-c3ccc(-c4ccc(-c5ccc(C)s5)s4)s3)s2)s1. The smallest absolute Gasteiger partial charge is 0.0449 e. The average molecular weight is 441 g/mol. The van der Waals surface area contributed by atoms with E-state index in [1.807, 2.05) is 56.7 Å². The number of thiophene rings is 5. The Bertz CT molecular complexity index is 1110. The van der Waals surface area contributed by atoms with Crippen molar-refractivity contribution >= 4 is 56.7 Å². The molecule has 0 fully saturated rings. The molecular formula is C22H16S5. The van der Waals surface area contributed by atoms with E-state index in [0.29, 0.717) is 0 Å². The number of hydrogen-bond donors (Lipinski definition) is 0. The van der Waals surface area contributed by atoms with Crippen LogP contribution in [-0.2, 0) is 0 Å². The predicted octanol–water partition coefficient (Wildman–Crippen LogP) is 9.28. The monoisotopic (exact) mass is 440 g/mol. The molecule has 0 aliphatic rings. The maximum Gasteiger partial charge on any atom is 0.0449 e. The van der Waals surface area contributed by atoms with Crippen LogP contribution in [-0.4, -0.2) is 0 Å². The number of hydrogen-bond acceptors (Lipinski definition) is 5. The molecule has 5 rings (SSSR count). The van der Waals surface area contributed by atoms with E-state index in [2.05, 4.69) is 74.5 Å². The van der Waals surface area contributed by atoms with Gasteiger partial charge in [0.1, 0.15) is 0 Å². The largest absolute Gasteiger partial charge is 0.140 e. The lowest BCUT2D eigenvalue weighted by Gasteiger charge is -1.92. The topological polar surface area (TPSA) is 0 Å². The highest BCUT2D eigenvalue weighted by Gasteiger charge is 2.12. The summed E-state index contributed by atoms with van der Waals surface area (Å²) < 4.78 is 0. The summed E-state index contributed by atoms with van der Waals surface area (Å²) in [5.74, 6) is 0. The van der Waals surface area contributed by atoms with Crippen molar-refractivity contribution in [3.8, 4) is 39.0 Å². The Morgan fingerprint density at radius 3 is 0.778 bits per heavy atom. The third-order valence-corrected chi connectivity index (χ3v) is 10.3. The van der Waals surface area contributed by atoms with Gasteiger partial charge in [0.05, 0.1) is 0 Å². The van der Waals surface area contributed by atoms with Gasteiger partial charge in [-0.05, 0) is 74.5 Å². The molecule has 5 heterocycles. The first kappa shape index (κ1) is 17.6. The highest BCUT2D eigenvalue weighted by molar-refractivity contribution is 7.29. The minimum atomic E-state index is 1.36. The molecule has 0 aliphatic heterocycles. The predicted molar refractivity (Wildman–Crippen MR) is 127 cm³/mol. The van der Waals surface area contributed by atoms with E-state index >= 15 is 0 Å². The zero-order chi connectivity index (χ0) is 18.4. The van der Waals surface area contributed by atoms with Crippen molar-refractivity contribution < 1.29 is 0 Å². The Morgan fingerprint density at radius 2 is 0.556 bits per heavy atom. The molecule has 0 amide bonds. The zero-order valence-corrected chi connectivity index (χ0v) is 18.9. The van der Waals surface area contributed by atoms with Crippen LogP contribution in [0.2, 0.25) is 0 Å². The molecule has 5 aromatic rings. The summed E-state index contributed by atoms with van der Waals surface area (Å²) in [5, 5.41) is 0. The van der Waals surface area contributed by atoms with Crippen molar-refractivity contribution in [1.82, 2.24) is 0 Å². The lowest BCUT2D eigenvalue weighted by molar-refractivity contribution is 1.64. The molecule has 27 heavy (non-hydrogen) atoms. The van der Waals surface area contributed by atoms with Crippen LogP contribution in [0.5, 0.6) is 0 Å². The molecule has 0 N–H and O–H groups in total. The third kappa shape index (κ3) is 3.50. The highest BCUT2D eigenvalue weighted by atomic mass is 32.1. The van der Waals surface area contributed by atoms with E-state index in [1.54, 1.807) is 0 Å². The minimum Gasteiger partial charge on any atom is -0.140 e. The van der Waals surface area contributed by atoms with Crippen molar-refractivity contribution in [3.63, 3.8) is 0 Å². The van der Waals surface area contributed by atoms with Crippen LogP contribution in [0.25, 0.3) is 39.0 Å². The maximum atomic E-state index is 2.27. The molecule has 0 saturated heterocycles. The van der Waals surface area contributed by atoms with Crippen molar-refractivity contribution in [2.45, 2.75) is 13.8 Å². The van der Waals surface area contributed by atoms with Gasteiger partial charge in [-0.25, -0.2) is 0 Å². The summed E-state index contributed by atoms with van der Waals surface area (Å²) in [6, 6.07) is 22.4. The van der Waals surface area contributed by atoms with E-state index in [0.717, 1.165) is 0 Å². The third-order valence-electron chi connectivity index (χ3n) is 4.27. The fraction of sp³-hybridized carbons (Fsp3) is 0.0909. The molecule has 0 radical (unpaired) electrons. The molecule has 0 unspecified atom stereocenters. The molecule has 0 saturated carbocycles. The van der Waals surface area contributed by atoms with Crippen LogP contribution in [0.3, 0.4) is 0 Å². The van der Waals surface area contributed by atoms with Crippen LogP contribution < -0.4 is 0 Å². The normalized spacial score (nSPS) is 11.3. The van der Waals surface area contributed by atoms with Gasteiger partial charge < -0.3 is 0 Å². The summed E-state index contributed by atoms with van der Waals surface area (Å²) in [7, 11) is 0. The van der Waals surface area contributed by atoms with E-state index < -0.39 is 0 Å². The first-order valence-corrected chi connectivity index (χ1v) is 12.7. The number of aryl methyl sites for hydroxylation is 2. The van der Waals surface area contributed by atoms with E-state index in [9.17, 15) is 0 Å².